The van der Waals surface area contributed by atoms with E-state index in [0.29, 0.717) is 6.61 Å². The average molecular weight is 198 g/mol. The van der Waals surface area contributed by atoms with E-state index in [2.05, 4.69) is 0 Å². The predicted octanol–water partition coefficient (Wildman–Crippen LogP) is 1.90. The van der Waals surface area contributed by atoms with Gasteiger partial charge in [-0.05, 0) is 39.5 Å². The lowest BCUT2D eigenvalue weighted by Gasteiger charge is -2.33. The van der Waals surface area contributed by atoms with Crippen molar-refractivity contribution in [2.75, 3.05) is 13.2 Å². The van der Waals surface area contributed by atoms with Crippen molar-refractivity contribution < 1.29 is 14.3 Å². The molecular weight excluding hydrogens is 180 g/mol. The summed E-state index contributed by atoms with van der Waals surface area (Å²) in [5, 5.41) is 0. The highest BCUT2D eigenvalue weighted by molar-refractivity contribution is 5.76. The minimum absolute atomic E-state index is 0.0319. The summed E-state index contributed by atoms with van der Waals surface area (Å²) in [6.45, 7) is 5.25. The van der Waals surface area contributed by atoms with Gasteiger partial charge in [-0.2, -0.15) is 0 Å². The summed E-state index contributed by atoms with van der Waals surface area (Å²) in [4.78, 5) is 11.7. The first-order chi connectivity index (χ1) is 6.60. The highest BCUT2D eigenvalue weighted by Crippen LogP contribution is 2.48. The summed E-state index contributed by atoms with van der Waals surface area (Å²) >= 11 is 0. The number of esters is 1. The van der Waals surface area contributed by atoms with E-state index in [1.807, 2.05) is 13.8 Å². The fraction of sp³-hybridized carbons (Fsp3) is 0.909. The predicted molar refractivity (Wildman–Crippen MR) is 51.9 cm³/mol. The van der Waals surface area contributed by atoms with E-state index in [1.54, 1.807) is 0 Å². The molecule has 80 valence electrons. The standard InChI is InChI=1S/C11H18O3/c1-3-13-9(12)10(2)4-6-11(7-5-10)8-14-11/h3-8H2,1-2H3. The molecule has 3 heteroatoms. The molecule has 2 fully saturated rings. The second-order valence-electron chi connectivity index (χ2n) is 4.75. The number of carbonyl (C=O) groups is 1. The molecule has 0 atom stereocenters. The van der Waals surface area contributed by atoms with Gasteiger partial charge in [0.25, 0.3) is 0 Å². The SMILES string of the molecule is CCOC(=O)C1(C)CCC2(CC1)CO2. The maximum Gasteiger partial charge on any atom is 0.311 e. The Hall–Kier alpha value is -0.570. The van der Waals surface area contributed by atoms with Crippen LogP contribution in [0.4, 0.5) is 0 Å². The number of ether oxygens (including phenoxy) is 2. The Balaban J connectivity index is 1.93. The summed E-state index contributed by atoms with van der Waals surface area (Å²) in [6.07, 6.45) is 3.85. The lowest BCUT2D eigenvalue weighted by molar-refractivity contribution is -0.157. The maximum absolute atomic E-state index is 11.7. The molecule has 2 aliphatic rings. The molecule has 0 aromatic carbocycles. The van der Waals surface area contributed by atoms with Gasteiger partial charge in [-0.15, -0.1) is 0 Å². The van der Waals surface area contributed by atoms with Crippen LogP contribution in [-0.2, 0) is 14.3 Å². The van der Waals surface area contributed by atoms with E-state index in [-0.39, 0.29) is 17.0 Å². The Morgan fingerprint density at radius 1 is 1.36 bits per heavy atom. The highest BCUT2D eigenvalue weighted by Gasteiger charge is 2.52. The molecule has 1 aliphatic heterocycles. The third kappa shape index (κ3) is 1.65. The molecule has 1 saturated carbocycles. The fourth-order valence-electron chi connectivity index (χ4n) is 2.16. The smallest absolute Gasteiger partial charge is 0.311 e. The maximum atomic E-state index is 11.7. The number of epoxide rings is 1. The first-order valence-electron chi connectivity index (χ1n) is 5.41. The van der Waals surface area contributed by atoms with Gasteiger partial charge in [0.05, 0.1) is 24.2 Å². The van der Waals surface area contributed by atoms with Crippen LogP contribution in [0, 0.1) is 5.41 Å². The van der Waals surface area contributed by atoms with Crippen LogP contribution in [0.25, 0.3) is 0 Å². The first-order valence-corrected chi connectivity index (χ1v) is 5.41. The lowest BCUT2D eigenvalue weighted by Crippen LogP contribution is -2.36. The molecule has 0 radical (unpaired) electrons. The zero-order chi connectivity index (χ0) is 10.2. The van der Waals surface area contributed by atoms with Gasteiger partial charge in [0, 0.05) is 0 Å². The molecule has 3 nitrogen and oxygen atoms in total. The third-order valence-corrected chi connectivity index (χ3v) is 3.59. The van der Waals surface area contributed by atoms with Crippen LogP contribution in [0.3, 0.4) is 0 Å². The van der Waals surface area contributed by atoms with Gasteiger partial charge in [0.2, 0.25) is 0 Å². The van der Waals surface area contributed by atoms with Gasteiger partial charge < -0.3 is 9.47 Å². The molecule has 0 N–H and O–H groups in total. The van der Waals surface area contributed by atoms with Crippen molar-refractivity contribution in [2.24, 2.45) is 5.41 Å². The van der Waals surface area contributed by atoms with Gasteiger partial charge >= 0.3 is 5.97 Å². The number of carbonyl (C=O) groups excluding carboxylic acids is 1. The minimum atomic E-state index is -0.257. The van der Waals surface area contributed by atoms with Crippen LogP contribution in [0.1, 0.15) is 39.5 Å². The second-order valence-corrected chi connectivity index (χ2v) is 4.75. The van der Waals surface area contributed by atoms with Crippen molar-refractivity contribution in [1.82, 2.24) is 0 Å². The Morgan fingerprint density at radius 2 is 1.93 bits per heavy atom. The number of rotatable bonds is 2. The summed E-state index contributed by atoms with van der Waals surface area (Å²) in [5.41, 5.74) is -0.0980. The van der Waals surface area contributed by atoms with Crippen molar-refractivity contribution in [3.8, 4) is 0 Å². The zero-order valence-electron chi connectivity index (χ0n) is 8.97. The van der Waals surface area contributed by atoms with E-state index in [9.17, 15) is 4.79 Å². The van der Waals surface area contributed by atoms with Gasteiger partial charge in [-0.3, -0.25) is 4.79 Å². The van der Waals surface area contributed by atoms with Gasteiger partial charge in [-0.1, -0.05) is 0 Å². The second kappa shape index (κ2) is 3.23. The summed E-state index contributed by atoms with van der Waals surface area (Å²) in [7, 11) is 0. The van der Waals surface area contributed by atoms with E-state index < -0.39 is 0 Å². The summed E-state index contributed by atoms with van der Waals surface area (Å²) < 4.78 is 10.5. The molecule has 0 amide bonds. The van der Waals surface area contributed by atoms with Crippen LogP contribution in [0.15, 0.2) is 0 Å². The Bertz CT molecular complexity index is 233. The molecule has 0 aromatic heterocycles. The molecule has 1 spiro atoms. The summed E-state index contributed by atoms with van der Waals surface area (Å²) in [5.74, 6) is -0.0319. The number of hydrogen-bond acceptors (Lipinski definition) is 3. The van der Waals surface area contributed by atoms with E-state index >= 15 is 0 Å². The molecule has 1 saturated heterocycles. The topological polar surface area (TPSA) is 38.8 Å². The molecule has 0 bridgehead atoms. The van der Waals surface area contributed by atoms with Gasteiger partial charge in [-0.25, -0.2) is 0 Å². The van der Waals surface area contributed by atoms with Crippen LogP contribution >= 0.6 is 0 Å². The van der Waals surface area contributed by atoms with Crippen molar-refractivity contribution in [1.29, 1.82) is 0 Å². The van der Waals surface area contributed by atoms with E-state index in [1.165, 1.54) is 0 Å². The van der Waals surface area contributed by atoms with Gasteiger partial charge in [0.1, 0.15) is 0 Å². The highest BCUT2D eigenvalue weighted by atomic mass is 16.6. The van der Waals surface area contributed by atoms with Crippen LogP contribution in [0.2, 0.25) is 0 Å². The third-order valence-electron chi connectivity index (χ3n) is 3.59. The average Bonchev–Trinajstić information content (AvgIpc) is 2.92. The fourth-order valence-corrected chi connectivity index (χ4v) is 2.16. The lowest BCUT2D eigenvalue weighted by atomic mass is 9.72. The Kier molecular flexibility index (Phi) is 2.30. The number of hydrogen-bond donors (Lipinski definition) is 0. The van der Waals surface area contributed by atoms with Crippen LogP contribution in [-0.4, -0.2) is 24.8 Å². The minimum Gasteiger partial charge on any atom is -0.466 e. The van der Waals surface area contributed by atoms with Crippen molar-refractivity contribution in [2.45, 2.75) is 45.1 Å². The van der Waals surface area contributed by atoms with E-state index in [0.717, 1.165) is 32.3 Å². The quantitative estimate of drug-likeness (QED) is 0.502. The normalized spacial score (nSPS) is 41.0. The van der Waals surface area contributed by atoms with E-state index in [4.69, 9.17) is 9.47 Å². The monoisotopic (exact) mass is 198 g/mol. The van der Waals surface area contributed by atoms with Crippen molar-refractivity contribution >= 4 is 5.97 Å². The zero-order valence-corrected chi connectivity index (χ0v) is 8.97. The molecular formula is C11H18O3. The Labute approximate surface area is 84.8 Å². The van der Waals surface area contributed by atoms with Crippen molar-refractivity contribution in [3.05, 3.63) is 0 Å². The molecule has 14 heavy (non-hydrogen) atoms. The first kappa shape index (κ1) is 9.97. The van der Waals surface area contributed by atoms with Crippen LogP contribution < -0.4 is 0 Å². The van der Waals surface area contributed by atoms with Crippen molar-refractivity contribution in [3.63, 3.8) is 0 Å². The summed E-state index contributed by atoms with van der Waals surface area (Å²) in [6, 6.07) is 0. The molecule has 0 aromatic rings. The largest absolute Gasteiger partial charge is 0.466 e. The molecule has 2 rings (SSSR count). The molecule has 1 heterocycles. The Morgan fingerprint density at radius 3 is 2.36 bits per heavy atom. The van der Waals surface area contributed by atoms with Crippen LogP contribution in [0.5, 0.6) is 0 Å². The van der Waals surface area contributed by atoms with Gasteiger partial charge in [0.15, 0.2) is 0 Å². The molecule has 1 aliphatic carbocycles. The molecule has 0 unspecified atom stereocenters.